The Balaban J connectivity index is 1.48. The van der Waals surface area contributed by atoms with E-state index in [1.165, 1.54) is 18.2 Å². The Hall–Kier alpha value is -4.01. The third-order valence-electron chi connectivity index (χ3n) is 4.26. The van der Waals surface area contributed by atoms with Crippen LogP contribution in [0.25, 0.3) is 6.08 Å². The highest BCUT2D eigenvalue weighted by atomic mass is 19.1. The lowest BCUT2D eigenvalue weighted by Gasteiger charge is -2.12. The molecule has 1 aliphatic rings. The van der Waals surface area contributed by atoms with Crippen LogP contribution in [0.1, 0.15) is 12.0 Å². The summed E-state index contributed by atoms with van der Waals surface area (Å²) in [7, 11) is 0. The summed E-state index contributed by atoms with van der Waals surface area (Å²) < 4.78 is 13.5. The van der Waals surface area contributed by atoms with Crippen molar-refractivity contribution in [3.63, 3.8) is 0 Å². The van der Waals surface area contributed by atoms with Gasteiger partial charge in [0.15, 0.2) is 0 Å². The molecule has 0 saturated carbocycles. The first-order valence-electron chi connectivity index (χ1n) is 9.14. The first-order valence-corrected chi connectivity index (χ1v) is 9.14. The summed E-state index contributed by atoms with van der Waals surface area (Å²) in [5.74, 6) is -1.57. The molecule has 154 valence electrons. The van der Waals surface area contributed by atoms with Crippen LogP contribution in [0.5, 0.6) is 0 Å². The molecule has 2 aromatic carbocycles. The second-order valence-corrected chi connectivity index (χ2v) is 6.42. The van der Waals surface area contributed by atoms with E-state index in [2.05, 4.69) is 16.0 Å². The number of carbonyl (C=O) groups is 4. The lowest BCUT2D eigenvalue weighted by atomic mass is 10.2. The van der Waals surface area contributed by atoms with Gasteiger partial charge in [-0.05, 0) is 36.4 Å². The molecule has 3 rings (SSSR count). The molecule has 8 nitrogen and oxygen atoms in total. The van der Waals surface area contributed by atoms with Crippen molar-refractivity contribution in [2.75, 3.05) is 23.7 Å². The molecule has 0 unspecified atom stereocenters. The van der Waals surface area contributed by atoms with Crippen molar-refractivity contribution in [1.82, 2.24) is 10.2 Å². The van der Waals surface area contributed by atoms with Gasteiger partial charge in [-0.25, -0.2) is 9.18 Å². The van der Waals surface area contributed by atoms with Crippen LogP contribution in [0.2, 0.25) is 0 Å². The van der Waals surface area contributed by atoms with Crippen LogP contribution in [-0.4, -0.2) is 41.7 Å². The number of rotatable bonds is 7. The summed E-state index contributed by atoms with van der Waals surface area (Å²) in [5.41, 5.74) is 1.30. The molecule has 1 saturated heterocycles. The maximum absolute atomic E-state index is 13.5. The van der Waals surface area contributed by atoms with Crippen molar-refractivity contribution in [1.29, 1.82) is 0 Å². The fraction of sp³-hybridized carbons (Fsp3) is 0.143. The first kappa shape index (κ1) is 20.7. The maximum Gasteiger partial charge on any atom is 0.324 e. The van der Waals surface area contributed by atoms with Gasteiger partial charge in [0.2, 0.25) is 17.7 Å². The van der Waals surface area contributed by atoms with Crippen LogP contribution in [0, 0.1) is 5.82 Å². The van der Waals surface area contributed by atoms with Crippen molar-refractivity contribution in [3.05, 3.63) is 66.0 Å². The summed E-state index contributed by atoms with van der Waals surface area (Å²) in [6, 6.07) is 12.0. The molecule has 2 aromatic rings. The molecular formula is C21H19FN4O4. The van der Waals surface area contributed by atoms with E-state index >= 15 is 0 Å². The van der Waals surface area contributed by atoms with E-state index in [0.717, 1.165) is 4.90 Å². The summed E-state index contributed by atoms with van der Waals surface area (Å²) in [5, 5.41) is 7.67. The highest BCUT2D eigenvalue weighted by Gasteiger charge is 2.28. The number of nitrogens with one attached hydrogen (secondary N) is 3. The number of nitrogens with zero attached hydrogens (tertiary/aromatic N) is 1. The van der Waals surface area contributed by atoms with Gasteiger partial charge in [-0.15, -0.1) is 0 Å². The average Bonchev–Trinajstić information content (AvgIpc) is 3.05. The van der Waals surface area contributed by atoms with Gasteiger partial charge in [0.05, 0.1) is 6.54 Å². The minimum atomic E-state index is -0.503. The molecule has 0 spiro atoms. The van der Waals surface area contributed by atoms with E-state index in [0.29, 0.717) is 16.9 Å². The van der Waals surface area contributed by atoms with Crippen LogP contribution in [-0.2, 0) is 14.4 Å². The molecular weight excluding hydrogens is 391 g/mol. The van der Waals surface area contributed by atoms with E-state index in [-0.39, 0.29) is 31.3 Å². The first-order chi connectivity index (χ1) is 14.4. The molecule has 5 amide bonds. The summed E-state index contributed by atoms with van der Waals surface area (Å²) >= 11 is 0. The molecule has 0 radical (unpaired) electrons. The Bertz CT molecular complexity index is 988. The van der Waals surface area contributed by atoms with Gasteiger partial charge in [0.25, 0.3) is 0 Å². The standard InChI is InChI=1S/C21H19FN4O4/c22-17-4-2-1-3-14(17)5-10-18(27)24-15-6-8-16(9-7-15)25-19(28)11-12-26-20(29)13-23-21(26)30/h1-10H,11-13H2,(H,23,30)(H,24,27)(H,25,28). The number of amides is 5. The normalized spacial score (nSPS) is 13.4. The quantitative estimate of drug-likeness (QED) is 0.481. The van der Waals surface area contributed by atoms with E-state index in [4.69, 9.17) is 0 Å². The second-order valence-electron chi connectivity index (χ2n) is 6.42. The third kappa shape index (κ3) is 5.51. The Labute approximate surface area is 171 Å². The fourth-order valence-corrected chi connectivity index (χ4v) is 2.71. The van der Waals surface area contributed by atoms with Gasteiger partial charge in [0, 0.05) is 36.0 Å². The van der Waals surface area contributed by atoms with Gasteiger partial charge in [-0.2, -0.15) is 0 Å². The van der Waals surface area contributed by atoms with Gasteiger partial charge >= 0.3 is 6.03 Å². The minimum absolute atomic E-state index is 0.00101. The largest absolute Gasteiger partial charge is 0.329 e. The zero-order chi connectivity index (χ0) is 21.5. The minimum Gasteiger partial charge on any atom is -0.329 e. The average molecular weight is 410 g/mol. The SMILES string of the molecule is O=C(C=Cc1ccccc1F)Nc1ccc(NC(=O)CCN2C(=O)CNC2=O)cc1. The molecule has 0 bridgehead atoms. The van der Waals surface area contributed by atoms with Crippen LogP contribution in [0.3, 0.4) is 0 Å². The monoisotopic (exact) mass is 410 g/mol. The molecule has 0 aromatic heterocycles. The van der Waals surface area contributed by atoms with Crippen LogP contribution in [0.4, 0.5) is 20.6 Å². The molecule has 0 aliphatic carbocycles. The van der Waals surface area contributed by atoms with E-state index < -0.39 is 17.8 Å². The second kappa shape index (κ2) is 9.46. The maximum atomic E-state index is 13.5. The van der Waals surface area contributed by atoms with E-state index in [1.807, 2.05) is 0 Å². The summed E-state index contributed by atoms with van der Waals surface area (Å²) in [4.78, 5) is 47.9. The Morgan fingerprint density at radius 3 is 2.33 bits per heavy atom. The number of carbonyl (C=O) groups excluding carboxylic acids is 4. The predicted octanol–water partition coefficient (Wildman–Crippen LogP) is 2.36. The lowest BCUT2D eigenvalue weighted by Crippen LogP contribution is -2.33. The van der Waals surface area contributed by atoms with Crippen molar-refractivity contribution >= 4 is 41.2 Å². The van der Waals surface area contributed by atoms with E-state index in [9.17, 15) is 23.6 Å². The summed E-state index contributed by atoms with van der Waals surface area (Å²) in [6.45, 7) is -0.0535. The number of benzene rings is 2. The van der Waals surface area contributed by atoms with Crippen LogP contribution in [0.15, 0.2) is 54.6 Å². The third-order valence-corrected chi connectivity index (χ3v) is 4.26. The topological polar surface area (TPSA) is 108 Å². The number of urea groups is 1. The number of hydrogen-bond acceptors (Lipinski definition) is 4. The van der Waals surface area contributed by atoms with E-state index in [1.54, 1.807) is 42.5 Å². The van der Waals surface area contributed by atoms with Gasteiger partial charge in [-0.3, -0.25) is 19.3 Å². The zero-order valence-corrected chi connectivity index (χ0v) is 15.9. The molecule has 1 heterocycles. The van der Waals surface area contributed by atoms with Crippen LogP contribution >= 0.6 is 0 Å². The molecule has 30 heavy (non-hydrogen) atoms. The fourth-order valence-electron chi connectivity index (χ4n) is 2.71. The lowest BCUT2D eigenvalue weighted by molar-refractivity contribution is -0.125. The molecule has 1 aliphatic heterocycles. The molecule has 1 fully saturated rings. The molecule has 3 N–H and O–H groups in total. The number of anilines is 2. The Kier molecular flexibility index (Phi) is 6.53. The predicted molar refractivity (Wildman–Crippen MR) is 109 cm³/mol. The zero-order valence-electron chi connectivity index (χ0n) is 15.9. The smallest absolute Gasteiger partial charge is 0.324 e. The molecule has 0 atom stereocenters. The van der Waals surface area contributed by atoms with Gasteiger partial charge in [-0.1, -0.05) is 18.2 Å². The number of imide groups is 1. The highest BCUT2D eigenvalue weighted by molar-refractivity contribution is 6.03. The number of halogens is 1. The Morgan fingerprint density at radius 1 is 1.03 bits per heavy atom. The molecule has 9 heteroatoms. The summed E-state index contributed by atoms with van der Waals surface area (Å²) in [6.07, 6.45) is 2.58. The number of hydrogen-bond donors (Lipinski definition) is 3. The Morgan fingerprint density at radius 2 is 1.70 bits per heavy atom. The van der Waals surface area contributed by atoms with Gasteiger partial charge < -0.3 is 16.0 Å². The van der Waals surface area contributed by atoms with Crippen molar-refractivity contribution < 1.29 is 23.6 Å². The van der Waals surface area contributed by atoms with Crippen molar-refractivity contribution in [2.24, 2.45) is 0 Å². The van der Waals surface area contributed by atoms with Gasteiger partial charge in [0.1, 0.15) is 5.82 Å². The van der Waals surface area contributed by atoms with Crippen molar-refractivity contribution in [3.8, 4) is 0 Å². The highest BCUT2D eigenvalue weighted by Crippen LogP contribution is 2.15. The van der Waals surface area contributed by atoms with Crippen LogP contribution < -0.4 is 16.0 Å². The van der Waals surface area contributed by atoms with Crippen molar-refractivity contribution in [2.45, 2.75) is 6.42 Å².